The number of hydrogen-bond donors (Lipinski definition) is 0. The van der Waals surface area contributed by atoms with Crippen molar-refractivity contribution in [2.75, 3.05) is 7.11 Å². The van der Waals surface area contributed by atoms with E-state index in [1.807, 2.05) is 6.07 Å². The average molecular weight is 366 g/mol. The number of aldehydes is 1. The molecule has 0 aliphatic rings. The molecule has 8 heteroatoms. The standard InChI is InChI=1S/C19H18N4O4/c1-13(25)10-23-16(5-7-22-23)19-14(4-3-6-20-19)12-27-17-9-21-18(26-2)8-15(17)11-24/h3-9,11H,10,12H2,1-2H3. The van der Waals surface area contributed by atoms with Crippen molar-refractivity contribution in [2.24, 2.45) is 0 Å². The van der Waals surface area contributed by atoms with Crippen LogP contribution in [0.25, 0.3) is 11.4 Å². The number of carbonyl (C=O) groups is 2. The number of pyridine rings is 2. The van der Waals surface area contributed by atoms with Gasteiger partial charge < -0.3 is 9.47 Å². The summed E-state index contributed by atoms with van der Waals surface area (Å²) >= 11 is 0. The molecule has 0 amide bonds. The van der Waals surface area contributed by atoms with Gasteiger partial charge in [0.15, 0.2) is 12.1 Å². The van der Waals surface area contributed by atoms with Gasteiger partial charge in [0.25, 0.3) is 0 Å². The maximum absolute atomic E-state index is 11.5. The van der Waals surface area contributed by atoms with Gasteiger partial charge in [-0.2, -0.15) is 5.10 Å². The van der Waals surface area contributed by atoms with Gasteiger partial charge in [0.1, 0.15) is 12.4 Å². The SMILES string of the molecule is COc1cc(C=O)c(OCc2cccnc2-c2ccnn2CC(C)=O)cn1. The molecule has 27 heavy (non-hydrogen) atoms. The highest BCUT2D eigenvalue weighted by molar-refractivity contribution is 5.79. The summed E-state index contributed by atoms with van der Waals surface area (Å²) in [6, 6.07) is 6.96. The molecule has 0 aliphatic carbocycles. The lowest BCUT2D eigenvalue weighted by Crippen LogP contribution is -2.11. The summed E-state index contributed by atoms with van der Waals surface area (Å²) in [5.41, 5.74) is 2.50. The molecule has 0 fully saturated rings. The molecule has 0 radical (unpaired) electrons. The molecule has 138 valence electrons. The van der Waals surface area contributed by atoms with Crippen molar-refractivity contribution >= 4 is 12.1 Å². The van der Waals surface area contributed by atoms with Gasteiger partial charge in [-0.25, -0.2) is 4.98 Å². The lowest BCUT2D eigenvalue weighted by Gasteiger charge is -2.12. The zero-order valence-corrected chi connectivity index (χ0v) is 15.0. The van der Waals surface area contributed by atoms with E-state index in [1.54, 1.807) is 29.2 Å². The van der Waals surface area contributed by atoms with E-state index in [0.717, 1.165) is 5.56 Å². The first-order valence-corrected chi connectivity index (χ1v) is 8.20. The maximum Gasteiger partial charge on any atom is 0.213 e. The third-order valence-electron chi connectivity index (χ3n) is 3.81. The van der Waals surface area contributed by atoms with E-state index in [1.165, 1.54) is 26.3 Å². The van der Waals surface area contributed by atoms with Gasteiger partial charge >= 0.3 is 0 Å². The summed E-state index contributed by atoms with van der Waals surface area (Å²) in [4.78, 5) is 31.2. The van der Waals surface area contributed by atoms with Crippen LogP contribution in [0, 0.1) is 0 Å². The van der Waals surface area contributed by atoms with E-state index in [0.29, 0.717) is 34.9 Å². The molecule has 3 aromatic heterocycles. The van der Waals surface area contributed by atoms with Crippen molar-refractivity contribution in [1.29, 1.82) is 0 Å². The highest BCUT2D eigenvalue weighted by Crippen LogP contribution is 2.25. The predicted octanol–water partition coefficient (Wildman–Crippen LogP) is 2.33. The molecule has 0 N–H and O–H groups in total. The molecule has 0 bridgehead atoms. The van der Waals surface area contributed by atoms with Gasteiger partial charge in [0.05, 0.1) is 36.8 Å². The third kappa shape index (κ3) is 4.17. The normalized spacial score (nSPS) is 10.4. The molecule has 3 rings (SSSR count). The van der Waals surface area contributed by atoms with E-state index in [4.69, 9.17) is 9.47 Å². The molecule has 3 heterocycles. The van der Waals surface area contributed by atoms with Crippen LogP contribution in [0.15, 0.2) is 42.9 Å². The molecule has 0 aliphatic heterocycles. The van der Waals surface area contributed by atoms with Gasteiger partial charge in [-0.1, -0.05) is 6.07 Å². The molecule has 3 aromatic rings. The van der Waals surface area contributed by atoms with Crippen LogP contribution in [0.4, 0.5) is 0 Å². The van der Waals surface area contributed by atoms with Gasteiger partial charge in [-0.3, -0.25) is 19.3 Å². The van der Waals surface area contributed by atoms with Crippen LogP contribution in [-0.2, 0) is 17.9 Å². The summed E-state index contributed by atoms with van der Waals surface area (Å²) in [5, 5.41) is 4.18. The molecular formula is C19H18N4O4. The molecule has 0 atom stereocenters. The van der Waals surface area contributed by atoms with Gasteiger partial charge in [0, 0.05) is 24.0 Å². The summed E-state index contributed by atoms with van der Waals surface area (Å²) in [6.45, 7) is 1.84. The van der Waals surface area contributed by atoms with Gasteiger partial charge in [-0.05, 0) is 19.1 Å². The number of hydrogen-bond acceptors (Lipinski definition) is 7. The Hall–Kier alpha value is -3.55. The van der Waals surface area contributed by atoms with Crippen LogP contribution in [-0.4, -0.2) is 38.9 Å². The Bertz CT molecular complexity index is 968. The largest absolute Gasteiger partial charge is 0.486 e. The number of Topliss-reactive ketones (excluding diaryl/α,β-unsaturated/α-hetero) is 1. The number of aromatic nitrogens is 4. The van der Waals surface area contributed by atoms with Crippen molar-refractivity contribution < 1.29 is 19.1 Å². The van der Waals surface area contributed by atoms with Crippen LogP contribution in [0.5, 0.6) is 11.6 Å². The average Bonchev–Trinajstić information content (AvgIpc) is 3.13. The van der Waals surface area contributed by atoms with Gasteiger partial charge in [0.2, 0.25) is 5.88 Å². The van der Waals surface area contributed by atoms with Crippen LogP contribution >= 0.6 is 0 Å². The highest BCUT2D eigenvalue weighted by Gasteiger charge is 2.14. The second kappa shape index (κ2) is 8.22. The van der Waals surface area contributed by atoms with Crippen molar-refractivity contribution in [1.82, 2.24) is 19.7 Å². The van der Waals surface area contributed by atoms with Crippen molar-refractivity contribution in [3.8, 4) is 23.0 Å². The van der Waals surface area contributed by atoms with E-state index >= 15 is 0 Å². The first kappa shape index (κ1) is 18.2. The zero-order chi connectivity index (χ0) is 19.2. The minimum Gasteiger partial charge on any atom is -0.486 e. The minimum atomic E-state index is -0.00591. The molecule has 0 saturated carbocycles. The topological polar surface area (TPSA) is 96.2 Å². The Kier molecular flexibility index (Phi) is 5.55. The highest BCUT2D eigenvalue weighted by atomic mass is 16.5. The van der Waals surface area contributed by atoms with Crippen molar-refractivity contribution in [3.63, 3.8) is 0 Å². The number of ketones is 1. The van der Waals surface area contributed by atoms with Gasteiger partial charge in [-0.15, -0.1) is 0 Å². The molecule has 0 spiro atoms. The fourth-order valence-corrected chi connectivity index (χ4v) is 2.57. The van der Waals surface area contributed by atoms with E-state index in [2.05, 4.69) is 15.1 Å². The smallest absolute Gasteiger partial charge is 0.213 e. The Morgan fingerprint density at radius 3 is 2.85 bits per heavy atom. The minimum absolute atomic E-state index is 0.00591. The fraction of sp³-hybridized carbons (Fsp3) is 0.211. The number of rotatable bonds is 8. The Labute approximate surface area is 155 Å². The summed E-state index contributed by atoms with van der Waals surface area (Å²) in [5.74, 6) is 0.672. The van der Waals surface area contributed by atoms with Crippen molar-refractivity contribution in [2.45, 2.75) is 20.1 Å². The molecule has 0 saturated heterocycles. The van der Waals surface area contributed by atoms with E-state index < -0.39 is 0 Å². The second-order valence-corrected chi connectivity index (χ2v) is 5.76. The molecule has 0 unspecified atom stereocenters. The van der Waals surface area contributed by atoms with Crippen LogP contribution in [0.1, 0.15) is 22.8 Å². The zero-order valence-electron chi connectivity index (χ0n) is 15.0. The monoisotopic (exact) mass is 366 g/mol. The summed E-state index contributed by atoms with van der Waals surface area (Å²) in [6.07, 6.45) is 5.41. The Balaban J connectivity index is 1.87. The van der Waals surface area contributed by atoms with Crippen LogP contribution in [0.2, 0.25) is 0 Å². The lowest BCUT2D eigenvalue weighted by molar-refractivity contribution is -0.117. The fourth-order valence-electron chi connectivity index (χ4n) is 2.57. The van der Waals surface area contributed by atoms with Crippen LogP contribution in [0.3, 0.4) is 0 Å². The molecule has 0 aromatic carbocycles. The third-order valence-corrected chi connectivity index (χ3v) is 3.81. The second-order valence-electron chi connectivity index (χ2n) is 5.76. The van der Waals surface area contributed by atoms with E-state index in [-0.39, 0.29) is 18.9 Å². The summed E-state index contributed by atoms with van der Waals surface area (Å²) < 4.78 is 12.4. The number of nitrogens with zero attached hydrogens (tertiary/aromatic N) is 4. The number of ether oxygens (including phenoxy) is 2. The maximum atomic E-state index is 11.5. The quantitative estimate of drug-likeness (QED) is 0.565. The molecule has 8 nitrogen and oxygen atoms in total. The first-order chi connectivity index (χ1) is 13.1. The molecular weight excluding hydrogens is 348 g/mol. The number of carbonyl (C=O) groups excluding carboxylic acids is 2. The lowest BCUT2D eigenvalue weighted by atomic mass is 10.1. The Morgan fingerprint density at radius 1 is 1.26 bits per heavy atom. The van der Waals surface area contributed by atoms with Crippen molar-refractivity contribution in [3.05, 3.63) is 54.0 Å². The van der Waals surface area contributed by atoms with E-state index in [9.17, 15) is 9.59 Å². The first-order valence-electron chi connectivity index (χ1n) is 8.20. The number of methoxy groups -OCH3 is 1. The summed E-state index contributed by atoms with van der Waals surface area (Å²) in [7, 11) is 1.48. The Morgan fingerprint density at radius 2 is 2.11 bits per heavy atom. The predicted molar refractivity (Wildman–Crippen MR) is 96.6 cm³/mol. The van der Waals surface area contributed by atoms with Crippen LogP contribution < -0.4 is 9.47 Å².